The summed E-state index contributed by atoms with van der Waals surface area (Å²) in [6.45, 7) is 0.331. The van der Waals surface area contributed by atoms with Gasteiger partial charge < -0.3 is 4.74 Å². The van der Waals surface area contributed by atoms with Gasteiger partial charge in [0.05, 0.1) is 4.47 Å². The van der Waals surface area contributed by atoms with Gasteiger partial charge >= 0.3 is 0 Å². The second kappa shape index (κ2) is 9.42. The molecular formula is C22H19BrFNO2. The summed E-state index contributed by atoms with van der Waals surface area (Å²) in [6.07, 6.45) is 5.14. The van der Waals surface area contributed by atoms with Crippen molar-refractivity contribution in [3.8, 4) is 5.75 Å². The highest BCUT2D eigenvalue weighted by Gasteiger charge is 2.07. The molecule has 0 saturated heterocycles. The first-order valence-corrected chi connectivity index (χ1v) is 9.46. The van der Waals surface area contributed by atoms with Crippen LogP contribution >= 0.6 is 15.9 Å². The molecule has 5 heteroatoms. The van der Waals surface area contributed by atoms with E-state index in [0.29, 0.717) is 36.1 Å². The van der Waals surface area contributed by atoms with Gasteiger partial charge in [0.1, 0.15) is 24.0 Å². The summed E-state index contributed by atoms with van der Waals surface area (Å²) >= 11 is 3.18. The summed E-state index contributed by atoms with van der Waals surface area (Å²) in [4.78, 5) is 16.2. The number of rotatable bonds is 8. The Morgan fingerprint density at radius 1 is 1.00 bits per heavy atom. The fourth-order valence-electron chi connectivity index (χ4n) is 2.66. The molecule has 0 atom stereocenters. The largest absolute Gasteiger partial charge is 0.488 e. The molecule has 138 valence electrons. The molecule has 2 aromatic carbocycles. The molecule has 1 heterocycles. The second-order valence-corrected chi connectivity index (χ2v) is 7.03. The minimum absolute atomic E-state index is 0.201. The molecule has 1 aromatic heterocycles. The van der Waals surface area contributed by atoms with Crippen LogP contribution in [-0.2, 0) is 24.2 Å². The monoisotopic (exact) mass is 427 g/mol. The minimum Gasteiger partial charge on any atom is -0.488 e. The molecule has 0 aliphatic carbocycles. The zero-order valence-electron chi connectivity index (χ0n) is 14.7. The Morgan fingerprint density at radius 3 is 2.52 bits per heavy atom. The Labute approximate surface area is 166 Å². The molecule has 0 N–H and O–H groups in total. The SMILES string of the molecule is O=C(CCc1cccnc1)Cc1ccc(COc2cccc(F)c2Br)cc1. The van der Waals surface area contributed by atoms with Crippen LogP contribution < -0.4 is 4.74 Å². The molecule has 0 fully saturated rings. The lowest BCUT2D eigenvalue weighted by Gasteiger charge is -2.09. The standard InChI is InChI=1S/C22H19BrFNO2/c23-22-20(24)4-1-5-21(22)27-15-18-8-6-16(7-9-18)13-19(26)11-10-17-3-2-12-25-14-17/h1-9,12,14H,10-11,13,15H2. The van der Waals surface area contributed by atoms with Gasteiger partial charge in [0, 0.05) is 25.2 Å². The lowest BCUT2D eigenvalue weighted by molar-refractivity contribution is -0.118. The lowest BCUT2D eigenvalue weighted by atomic mass is 10.0. The second-order valence-electron chi connectivity index (χ2n) is 6.23. The van der Waals surface area contributed by atoms with Gasteiger partial charge in [-0.2, -0.15) is 0 Å². The number of ketones is 1. The molecule has 0 unspecified atom stereocenters. The molecule has 0 radical (unpaired) electrons. The van der Waals surface area contributed by atoms with E-state index in [-0.39, 0.29) is 11.6 Å². The lowest BCUT2D eigenvalue weighted by Crippen LogP contribution is -2.05. The van der Waals surface area contributed by atoms with Gasteiger partial charge in [0.25, 0.3) is 0 Å². The summed E-state index contributed by atoms with van der Waals surface area (Å²) in [5.41, 5.74) is 3.00. The fraction of sp³-hybridized carbons (Fsp3) is 0.182. The average molecular weight is 428 g/mol. The zero-order chi connectivity index (χ0) is 19.1. The molecule has 0 aliphatic heterocycles. The summed E-state index contributed by atoms with van der Waals surface area (Å²) in [6, 6.07) is 16.3. The van der Waals surface area contributed by atoms with E-state index >= 15 is 0 Å². The molecule has 3 aromatic rings. The molecule has 0 amide bonds. The predicted octanol–water partition coefficient (Wildman–Crippen LogP) is 5.31. The van der Waals surface area contributed by atoms with Crippen molar-refractivity contribution >= 4 is 21.7 Å². The summed E-state index contributed by atoms with van der Waals surface area (Å²) in [7, 11) is 0. The van der Waals surface area contributed by atoms with Crippen molar-refractivity contribution in [2.45, 2.75) is 25.9 Å². The van der Waals surface area contributed by atoms with E-state index in [0.717, 1.165) is 16.7 Å². The number of hydrogen-bond acceptors (Lipinski definition) is 3. The molecule has 27 heavy (non-hydrogen) atoms. The molecule has 0 saturated carbocycles. The Kier molecular flexibility index (Phi) is 6.71. The van der Waals surface area contributed by atoms with Crippen molar-refractivity contribution in [1.29, 1.82) is 0 Å². The number of halogens is 2. The van der Waals surface area contributed by atoms with E-state index in [9.17, 15) is 9.18 Å². The highest BCUT2D eigenvalue weighted by atomic mass is 79.9. The van der Waals surface area contributed by atoms with Crippen LogP contribution in [-0.4, -0.2) is 10.8 Å². The maximum Gasteiger partial charge on any atom is 0.141 e. The first kappa shape index (κ1) is 19.2. The summed E-state index contributed by atoms with van der Waals surface area (Å²) in [5.74, 6) is 0.309. The Morgan fingerprint density at radius 2 is 1.78 bits per heavy atom. The van der Waals surface area contributed by atoms with Crippen LogP contribution in [0.1, 0.15) is 23.1 Å². The van der Waals surface area contributed by atoms with E-state index < -0.39 is 0 Å². The number of hydrogen-bond donors (Lipinski definition) is 0. The van der Waals surface area contributed by atoms with Gasteiger partial charge in [-0.1, -0.05) is 36.4 Å². The van der Waals surface area contributed by atoms with E-state index in [1.54, 1.807) is 24.5 Å². The topological polar surface area (TPSA) is 39.2 Å². The van der Waals surface area contributed by atoms with Crippen LogP contribution in [0.25, 0.3) is 0 Å². The Hall–Kier alpha value is -2.53. The minimum atomic E-state index is -0.354. The first-order valence-electron chi connectivity index (χ1n) is 8.67. The maximum atomic E-state index is 13.5. The molecule has 3 rings (SSSR count). The number of ether oxygens (including phenoxy) is 1. The van der Waals surface area contributed by atoms with E-state index in [1.807, 2.05) is 36.4 Å². The summed E-state index contributed by atoms with van der Waals surface area (Å²) in [5, 5.41) is 0. The van der Waals surface area contributed by atoms with Crippen molar-refractivity contribution in [1.82, 2.24) is 4.98 Å². The first-order chi connectivity index (χ1) is 13.1. The van der Waals surface area contributed by atoms with Crippen molar-refractivity contribution in [3.05, 3.63) is 94.0 Å². The van der Waals surface area contributed by atoms with Gasteiger partial charge in [-0.3, -0.25) is 9.78 Å². The number of Topliss-reactive ketones (excluding diaryl/α,β-unsaturated/α-hetero) is 1. The van der Waals surface area contributed by atoms with Gasteiger partial charge in [-0.15, -0.1) is 0 Å². The third-order valence-corrected chi connectivity index (χ3v) is 4.92. The van der Waals surface area contributed by atoms with Crippen LogP contribution in [0.4, 0.5) is 4.39 Å². The quantitative estimate of drug-likeness (QED) is 0.489. The van der Waals surface area contributed by atoms with Gasteiger partial charge in [0.2, 0.25) is 0 Å². The number of benzene rings is 2. The molecule has 3 nitrogen and oxygen atoms in total. The van der Waals surface area contributed by atoms with Crippen LogP contribution in [0, 0.1) is 5.82 Å². The van der Waals surface area contributed by atoms with Gasteiger partial charge in [0.15, 0.2) is 0 Å². The Bertz CT molecular complexity index is 898. The fourth-order valence-corrected chi connectivity index (χ4v) is 3.03. The number of pyridine rings is 1. The predicted molar refractivity (Wildman–Crippen MR) is 106 cm³/mol. The highest BCUT2D eigenvalue weighted by Crippen LogP contribution is 2.28. The zero-order valence-corrected chi connectivity index (χ0v) is 16.3. The maximum absolute atomic E-state index is 13.5. The normalized spacial score (nSPS) is 10.6. The number of aryl methyl sites for hydroxylation is 1. The number of aromatic nitrogens is 1. The number of carbonyl (C=O) groups excluding carboxylic acids is 1. The van der Waals surface area contributed by atoms with Crippen LogP contribution in [0.15, 0.2) is 71.5 Å². The van der Waals surface area contributed by atoms with Crippen LogP contribution in [0.5, 0.6) is 5.75 Å². The van der Waals surface area contributed by atoms with Crippen molar-refractivity contribution in [3.63, 3.8) is 0 Å². The number of carbonyl (C=O) groups is 1. The average Bonchev–Trinajstić information content (AvgIpc) is 2.69. The molecular weight excluding hydrogens is 409 g/mol. The third-order valence-electron chi connectivity index (χ3n) is 4.15. The molecule has 0 aliphatic rings. The smallest absolute Gasteiger partial charge is 0.141 e. The van der Waals surface area contributed by atoms with E-state index in [2.05, 4.69) is 20.9 Å². The highest BCUT2D eigenvalue weighted by molar-refractivity contribution is 9.10. The van der Waals surface area contributed by atoms with Crippen LogP contribution in [0.2, 0.25) is 0 Å². The van der Waals surface area contributed by atoms with E-state index in [1.165, 1.54) is 6.07 Å². The van der Waals surface area contributed by atoms with E-state index in [4.69, 9.17) is 4.74 Å². The van der Waals surface area contributed by atoms with Crippen molar-refractivity contribution in [2.24, 2.45) is 0 Å². The molecule has 0 bridgehead atoms. The van der Waals surface area contributed by atoms with Gasteiger partial charge in [-0.25, -0.2) is 4.39 Å². The van der Waals surface area contributed by atoms with Gasteiger partial charge in [-0.05, 0) is 57.2 Å². The Balaban J connectivity index is 1.49. The van der Waals surface area contributed by atoms with Crippen molar-refractivity contribution in [2.75, 3.05) is 0 Å². The van der Waals surface area contributed by atoms with Crippen molar-refractivity contribution < 1.29 is 13.9 Å². The van der Waals surface area contributed by atoms with Crippen LogP contribution in [0.3, 0.4) is 0 Å². The molecule has 0 spiro atoms. The number of nitrogens with zero attached hydrogens (tertiary/aromatic N) is 1. The third kappa shape index (κ3) is 5.73. The summed E-state index contributed by atoms with van der Waals surface area (Å²) < 4.78 is 19.5.